The van der Waals surface area contributed by atoms with Crippen LogP contribution in [-0.4, -0.2) is 29.4 Å². The summed E-state index contributed by atoms with van der Waals surface area (Å²) in [4.78, 5) is 6.64. The second kappa shape index (κ2) is 2.26. The van der Waals surface area contributed by atoms with Gasteiger partial charge in [-0.3, -0.25) is 4.99 Å². The zero-order valence-corrected chi connectivity index (χ0v) is 7.26. The third kappa shape index (κ3) is 1.49. The van der Waals surface area contributed by atoms with E-state index >= 15 is 0 Å². The lowest BCUT2D eigenvalue weighted by Crippen LogP contribution is -2.33. The first kappa shape index (κ1) is 7.58. The summed E-state index contributed by atoms with van der Waals surface area (Å²) in [7, 11) is 0. The van der Waals surface area contributed by atoms with Crippen LogP contribution in [0.3, 0.4) is 0 Å². The van der Waals surface area contributed by atoms with Gasteiger partial charge in [0, 0.05) is 12.6 Å². The van der Waals surface area contributed by atoms with Crippen LogP contribution in [0.2, 0.25) is 0 Å². The van der Waals surface area contributed by atoms with Crippen molar-refractivity contribution in [2.45, 2.75) is 39.3 Å². The molecule has 0 atom stereocenters. The van der Waals surface area contributed by atoms with Crippen LogP contribution in [0.5, 0.6) is 0 Å². The molecule has 0 aromatic carbocycles. The van der Waals surface area contributed by atoms with Gasteiger partial charge in [0.1, 0.15) is 0 Å². The zero-order valence-electron chi connectivity index (χ0n) is 7.26. The first-order valence-electron chi connectivity index (χ1n) is 3.82. The largest absolute Gasteiger partial charge is 0.358 e. The van der Waals surface area contributed by atoms with Crippen molar-refractivity contribution >= 4 is 6.34 Å². The van der Waals surface area contributed by atoms with E-state index in [2.05, 4.69) is 37.6 Å². The Morgan fingerprint density at radius 1 is 1.50 bits per heavy atom. The molecule has 0 radical (unpaired) electrons. The summed E-state index contributed by atoms with van der Waals surface area (Å²) in [6.45, 7) is 9.75. The molecule has 0 fully saturated rings. The quantitative estimate of drug-likeness (QED) is 0.539. The van der Waals surface area contributed by atoms with E-state index in [1.165, 1.54) is 0 Å². The third-order valence-corrected chi connectivity index (χ3v) is 1.79. The molecular weight excluding hydrogens is 124 g/mol. The summed E-state index contributed by atoms with van der Waals surface area (Å²) < 4.78 is 0. The minimum absolute atomic E-state index is 0.143. The molecule has 0 aromatic rings. The molecule has 0 bridgehead atoms. The van der Waals surface area contributed by atoms with E-state index in [1.54, 1.807) is 0 Å². The highest BCUT2D eigenvalue weighted by Crippen LogP contribution is 2.17. The Bertz CT molecular complexity index is 147. The molecule has 0 spiro atoms. The first-order valence-corrected chi connectivity index (χ1v) is 3.82. The van der Waals surface area contributed by atoms with Crippen LogP contribution in [0.1, 0.15) is 27.7 Å². The fourth-order valence-electron chi connectivity index (χ4n) is 1.07. The van der Waals surface area contributed by atoms with Crippen LogP contribution in [0.25, 0.3) is 0 Å². The first-order chi connectivity index (χ1) is 4.51. The van der Waals surface area contributed by atoms with Gasteiger partial charge in [-0.25, -0.2) is 0 Å². The Morgan fingerprint density at radius 2 is 2.10 bits per heavy atom. The van der Waals surface area contributed by atoms with Gasteiger partial charge in [0.25, 0.3) is 0 Å². The van der Waals surface area contributed by atoms with Crippen molar-refractivity contribution in [2.24, 2.45) is 4.99 Å². The topological polar surface area (TPSA) is 15.6 Å². The fraction of sp³-hybridized carbons (Fsp3) is 0.875. The molecular formula is C8H16N2. The van der Waals surface area contributed by atoms with Crippen molar-refractivity contribution in [2.75, 3.05) is 6.54 Å². The fourth-order valence-corrected chi connectivity index (χ4v) is 1.07. The lowest BCUT2D eigenvalue weighted by Gasteiger charge is -2.22. The molecule has 0 saturated heterocycles. The Hall–Kier alpha value is -0.530. The molecule has 1 aliphatic rings. The van der Waals surface area contributed by atoms with Gasteiger partial charge >= 0.3 is 0 Å². The Balaban J connectivity index is 2.54. The van der Waals surface area contributed by atoms with Crippen molar-refractivity contribution in [3.63, 3.8) is 0 Å². The number of nitrogens with zero attached hydrogens (tertiary/aromatic N) is 2. The van der Waals surface area contributed by atoms with E-state index in [-0.39, 0.29) is 5.54 Å². The number of rotatable bonds is 1. The molecule has 58 valence electrons. The Kier molecular flexibility index (Phi) is 1.71. The van der Waals surface area contributed by atoms with E-state index in [0.717, 1.165) is 6.54 Å². The molecule has 1 heterocycles. The average molecular weight is 140 g/mol. The molecule has 10 heavy (non-hydrogen) atoms. The van der Waals surface area contributed by atoms with Gasteiger partial charge in [-0.1, -0.05) is 0 Å². The van der Waals surface area contributed by atoms with Crippen molar-refractivity contribution in [1.29, 1.82) is 0 Å². The molecule has 1 aliphatic heterocycles. The van der Waals surface area contributed by atoms with Crippen LogP contribution in [-0.2, 0) is 0 Å². The highest BCUT2D eigenvalue weighted by Gasteiger charge is 2.25. The van der Waals surface area contributed by atoms with E-state index in [0.29, 0.717) is 6.04 Å². The predicted octanol–water partition coefficient (Wildman–Crippen LogP) is 1.52. The summed E-state index contributed by atoms with van der Waals surface area (Å²) >= 11 is 0. The van der Waals surface area contributed by atoms with E-state index in [1.807, 2.05) is 6.34 Å². The molecule has 1 rings (SSSR count). The minimum atomic E-state index is 0.143. The summed E-state index contributed by atoms with van der Waals surface area (Å²) in [5, 5.41) is 0. The van der Waals surface area contributed by atoms with Crippen molar-refractivity contribution in [3.8, 4) is 0 Å². The van der Waals surface area contributed by atoms with Crippen molar-refractivity contribution in [1.82, 2.24) is 4.90 Å². The summed E-state index contributed by atoms with van der Waals surface area (Å²) in [6.07, 6.45) is 1.96. The Labute approximate surface area is 62.9 Å². The zero-order chi connectivity index (χ0) is 7.78. The van der Waals surface area contributed by atoms with E-state index in [9.17, 15) is 0 Å². The average Bonchev–Trinajstić information content (AvgIpc) is 2.10. The van der Waals surface area contributed by atoms with Crippen LogP contribution < -0.4 is 0 Å². The summed E-state index contributed by atoms with van der Waals surface area (Å²) in [6, 6.07) is 0.588. The van der Waals surface area contributed by atoms with Crippen molar-refractivity contribution in [3.05, 3.63) is 0 Å². The summed E-state index contributed by atoms with van der Waals surface area (Å²) in [5.41, 5.74) is 0.143. The molecule has 0 aliphatic carbocycles. The maximum absolute atomic E-state index is 4.37. The second-order valence-corrected chi connectivity index (χ2v) is 3.82. The van der Waals surface area contributed by atoms with Crippen molar-refractivity contribution < 1.29 is 0 Å². The van der Waals surface area contributed by atoms with Gasteiger partial charge in [-0.05, 0) is 27.7 Å². The van der Waals surface area contributed by atoms with Gasteiger partial charge in [0.15, 0.2) is 0 Å². The third-order valence-electron chi connectivity index (χ3n) is 1.79. The lowest BCUT2D eigenvalue weighted by molar-refractivity contribution is 0.329. The van der Waals surface area contributed by atoms with Crippen LogP contribution >= 0.6 is 0 Å². The molecule has 0 saturated carbocycles. The van der Waals surface area contributed by atoms with Gasteiger partial charge in [0.2, 0.25) is 0 Å². The second-order valence-electron chi connectivity index (χ2n) is 3.82. The normalized spacial score (nSPS) is 22.7. The van der Waals surface area contributed by atoms with Gasteiger partial charge in [0.05, 0.1) is 11.9 Å². The predicted molar refractivity (Wildman–Crippen MR) is 44.4 cm³/mol. The van der Waals surface area contributed by atoms with Gasteiger partial charge in [-0.15, -0.1) is 0 Å². The standard InChI is InChI=1S/C8H16N2/c1-7(2)10-5-8(3,4)9-6-10/h6-7H,5H2,1-4H3. The maximum Gasteiger partial charge on any atom is 0.0860 e. The number of hydrogen-bond donors (Lipinski definition) is 0. The molecule has 2 heteroatoms. The Morgan fingerprint density at radius 3 is 2.30 bits per heavy atom. The smallest absolute Gasteiger partial charge is 0.0860 e. The molecule has 0 N–H and O–H groups in total. The number of hydrogen-bond acceptors (Lipinski definition) is 2. The highest BCUT2D eigenvalue weighted by atomic mass is 15.2. The van der Waals surface area contributed by atoms with Gasteiger partial charge in [-0.2, -0.15) is 0 Å². The maximum atomic E-state index is 4.37. The van der Waals surface area contributed by atoms with Crippen LogP contribution in [0.4, 0.5) is 0 Å². The van der Waals surface area contributed by atoms with E-state index in [4.69, 9.17) is 0 Å². The lowest BCUT2D eigenvalue weighted by atomic mass is 10.1. The molecule has 0 amide bonds. The number of aliphatic imine (C=N–C) groups is 1. The highest BCUT2D eigenvalue weighted by molar-refractivity contribution is 5.59. The monoisotopic (exact) mass is 140 g/mol. The molecule has 0 unspecified atom stereocenters. The van der Waals surface area contributed by atoms with Crippen LogP contribution in [0, 0.1) is 0 Å². The van der Waals surface area contributed by atoms with Crippen LogP contribution in [0.15, 0.2) is 4.99 Å². The van der Waals surface area contributed by atoms with Gasteiger partial charge < -0.3 is 4.90 Å². The molecule has 2 nitrogen and oxygen atoms in total. The molecule has 0 aromatic heterocycles. The minimum Gasteiger partial charge on any atom is -0.358 e. The SMILES string of the molecule is CC(C)N1C=NC(C)(C)C1. The van der Waals surface area contributed by atoms with E-state index < -0.39 is 0 Å². The summed E-state index contributed by atoms with van der Waals surface area (Å²) in [5.74, 6) is 0.